The van der Waals surface area contributed by atoms with Gasteiger partial charge in [0, 0.05) is 52.7 Å². The Bertz CT molecular complexity index is 1190. The summed E-state index contributed by atoms with van der Waals surface area (Å²) < 4.78 is 5.01. The van der Waals surface area contributed by atoms with Crippen molar-refractivity contribution in [2.75, 3.05) is 0 Å². The average molecular weight is 352 g/mol. The van der Waals surface area contributed by atoms with E-state index in [0.29, 0.717) is 5.41 Å². The molecule has 4 aromatic rings. The molecule has 2 nitrogen and oxygen atoms in total. The van der Waals surface area contributed by atoms with Crippen LogP contribution in [0, 0.1) is 5.41 Å². The van der Waals surface area contributed by atoms with Crippen LogP contribution in [0.5, 0.6) is 0 Å². The molecule has 0 atom stereocenters. The van der Waals surface area contributed by atoms with Crippen LogP contribution in [0.25, 0.3) is 21.8 Å². The van der Waals surface area contributed by atoms with Crippen LogP contribution in [-0.4, -0.2) is 9.13 Å². The molecule has 3 aliphatic carbocycles. The molecule has 0 unspecified atom stereocenters. The van der Waals surface area contributed by atoms with Crippen LogP contribution < -0.4 is 0 Å². The van der Waals surface area contributed by atoms with Crippen molar-refractivity contribution in [2.24, 2.45) is 19.5 Å². The van der Waals surface area contributed by atoms with Crippen LogP contribution in [0.1, 0.15) is 41.8 Å². The third kappa shape index (κ3) is 1.33. The molecular formula is C25H24N2. The Labute approximate surface area is 159 Å². The van der Waals surface area contributed by atoms with E-state index in [1.807, 2.05) is 0 Å². The minimum absolute atomic E-state index is 0.222. The molecule has 7 rings (SSSR count). The van der Waals surface area contributed by atoms with Crippen molar-refractivity contribution < 1.29 is 0 Å². The molecule has 27 heavy (non-hydrogen) atoms. The number of para-hydroxylation sites is 2. The maximum absolute atomic E-state index is 2.50. The zero-order chi connectivity index (χ0) is 18.0. The molecule has 2 heterocycles. The second-order valence-corrected chi connectivity index (χ2v) is 9.19. The van der Waals surface area contributed by atoms with E-state index in [9.17, 15) is 0 Å². The maximum Gasteiger partial charge on any atom is 0.0483 e. The molecule has 2 heteroatoms. The zero-order valence-electron chi connectivity index (χ0n) is 16.0. The molecule has 2 aromatic carbocycles. The van der Waals surface area contributed by atoms with Gasteiger partial charge in [-0.2, -0.15) is 0 Å². The summed E-state index contributed by atoms with van der Waals surface area (Å²) in [6, 6.07) is 18.2. The predicted molar refractivity (Wildman–Crippen MR) is 110 cm³/mol. The minimum atomic E-state index is 0.222. The van der Waals surface area contributed by atoms with Crippen LogP contribution in [0.15, 0.2) is 48.5 Å². The summed E-state index contributed by atoms with van der Waals surface area (Å²) in [6.07, 6.45) is 6.55. The number of aromatic nitrogens is 2. The number of benzene rings is 2. The van der Waals surface area contributed by atoms with Gasteiger partial charge in [-0.05, 0) is 54.4 Å². The molecule has 0 aliphatic heterocycles. The number of nitrogens with zero attached hydrogens (tertiary/aromatic N) is 2. The zero-order valence-corrected chi connectivity index (χ0v) is 16.0. The largest absolute Gasteiger partial charge is 0.347 e. The van der Waals surface area contributed by atoms with Gasteiger partial charge in [-0.3, -0.25) is 0 Å². The Morgan fingerprint density at radius 2 is 1.22 bits per heavy atom. The van der Waals surface area contributed by atoms with E-state index in [1.54, 1.807) is 22.5 Å². The first-order chi connectivity index (χ1) is 13.2. The summed E-state index contributed by atoms with van der Waals surface area (Å²) in [5, 5.41) is 3.00. The second-order valence-electron chi connectivity index (χ2n) is 9.19. The van der Waals surface area contributed by atoms with Crippen molar-refractivity contribution in [2.45, 2.75) is 37.5 Å². The molecule has 0 spiro atoms. The Balaban J connectivity index is 1.69. The van der Waals surface area contributed by atoms with Crippen LogP contribution in [0.4, 0.5) is 0 Å². The van der Waals surface area contributed by atoms with Gasteiger partial charge in [0.25, 0.3) is 0 Å². The Morgan fingerprint density at radius 3 is 1.78 bits per heavy atom. The topological polar surface area (TPSA) is 9.86 Å². The molecule has 0 bridgehead atoms. The van der Waals surface area contributed by atoms with Crippen molar-refractivity contribution in [3.05, 3.63) is 71.0 Å². The summed E-state index contributed by atoms with van der Waals surface area (Å²) in [6.45, 7) is 0. The second kappa shape index (κ2) is 4.32. The fourth-order valence-corrected chi connectivity index (χ4v) is 7.52. The Kier molecular flexibility index (Phi) is 2.33. The van der Waals surface area contributed by atoms with Crippen molar-refractivity contribution in [1.29, 1.82) is 0 Å². The normalized spacial score (nSPS) is 27.9. The number of hydrogen-bond acceptors (Lipinski definition) is 0. The van der Waals surface area contributed by atoms with Crippen LogP contribution >= 0.6 is 0 Å². The number of hydrogen-bond donors (Lipinski definition) is 0. The lowest BCUT2D eigenvalue weighted by molar-refractivity contribution is 0.238. The Morgan fingerprint density at radius 1 is 0.704 bits per heavy atom. The molecule has 3 aliphatic rings. The quantitative estimate of drug-likeness (QED) is 0.410. The first kappa shape index (κ1) is 14.6. The molecule has 1 fully saturated rings. The Hall–Kier alpha value is -2.48. The summed E-state index contributed by atoms with van der Waals surface area (Å²) in [5.41, 5.74) is 10.0. The van der Waals surface area contributed by atoms with Crippen molar-refractivity contribution in [3.8, 4) is 0 Å². The van der Waals surface area contributed by atoms with Gasteiger partial charge in [-0.15, -0.1) is 0 Å². The van der Waals surface area contributed by atoms with Gasteiger partial charge in [-0.25, -0.2) is 0 Å². The van der Waals surface area contributed by atoms with E-state index in [0.717, 1.165) is 0 Å². The molecule has 0 N–H and O–H groups in total. The van der Waals surface area contributed by atoms with Gasteiger partial charge >= 0.3 is 0 Å². The molecule has 0 saturated heterocycles. The van der Waals surface area contributed by atoms with E-state index in [4.69, 9.17) is 0 Å². The van der Waals surface area contributed by atoms with Gasteiger partial charge in [0.15, 0.2) is 0 Å². The van der Waals surface area contributed by atoms with Crippen molar-refractivity contribution in [3.63, 3.8) is 0 Å². The standard InChI is InChI=1S/C25H24N2/c1-26-18-10-5-3-8-16(18)22-20(26)14-24-12-7-13-25(22,24)23-17-9-4-6-11-19(17)27(2)21(23)15-24/h3-6,8-11H,7,12-15H2,1-2H3. The highest BCUT2D eigenvalue weighted by atomic mass is 15.0. The third-order valence-electron chi connectivity index (χ3n) is 8.43. The highest BCUT2D eigenvalue weighted by molar-refractivity contribution is 5.94. The van der Waals surface area contributed by atoms with Crippen LogP contribution in [-0.2, 0) is 32.4 Å². The van der Waals surface area contributed by atoms with E-state index in [1.165, 1.54) is 53.9 Å². The van der Waals surface area contributed by atoms with E-state index < -0.39 is 0 Å². The predicted octanol–water partition coefficient (Wildman–Crippen LogP) is 5.24. The summed E-state index contributed by atoms with van der Waals surface area (Å²) >= 11 is 0. The molecule has 0 amide bonds. The van der Waals surface area contributed by atoms with Crippen molar-refractivity contribution in [1.82, 2.24) is 9.13 Å². The molecule has 134 valence electrons. The lowest BCUT2D eigenvalue weighted by atomic mass is 9.65. The SMILES string of the molecule is Cn1c2c(c3ccccc31)C13CCCC1(C2)Cc1c3c2ccccc2n1C. The summed E-state index contributed by atoms with van der Waals surface area (Å²) in [7, 11) is 4.57. The van der Waals surface area contributed by atoms with Crippen LogP contribution in [0.2, 0.25) is 0 Å². The smallest absolute Gasteiger partial charge is 0.0483 e. The summed E-state index contributed by atoms with van der Waals surface area (Å²) in [4.78, 5) is 0. The van der Waals surface area contributed by atoms with Gasteiger partial charge in [0.1, 0.15) is 0 Å². The number of aryl methyl sites for hydroxylation is 2. The molecular weight excluding hydrogens is 328 g/mol. The van der Waals surface area contributed by atoms with Gasteiger partial charge in [-0.1, -0.05) is 42.8 Å². The molecule has 0 radical (unpaired) electrons. The highest BCUT2D eigenvalue weighted by Gasteiger charge is 2.67. The number of fused-ring (bicyclic) bond motifs is 6. The fourth-order valence-electron chi connectivity index (χ4n) is 7.52. The van der Waals surface area contributed by atoms with E-state index >= 15 is 0 Å². The van der Waals surface area contributed by atoms with Gasteiger partial charge in [0.2, 0.25) is 0 Å². The third-order valence-corrected chi connectivity index (χ3v) is 8.43. The van der Waals surface area contributed by atoms with E-state index in [2.05, 4.69) is 71.8 Å². The lowest BCUT2D eigenvalue weighted by Crippen LogP contribution is -2.35. The molecule has 2 aromatic heterocycles. The van der Waals surface area contributed by atoms with E-state index in [-0.39, 0.29) is 5.41 Å². The average Bonchev–Trinajstić information content (AvgIpc) is 3.38. The fraction of sp³-hybridized carbons (Fsp3) is 0.360. The lowest BCUT2D eigenvalue weighted by Gasteiger charge is -2.36. The van der Waals surface area contributed by atoms with Gasteiger partial charge < -0.3 is 9.13 Å². The molecule has 1 saturated carbocycles. The van der Waals surface area contributed by atoms with Crippen molar-refractivity contribution >= 4 is 21.8 Å². The monoisotopic (exact) mass is 352 g/mol. The minimum Gasteiger partial charge on any atom is -0.347 e. The summed E-state index contributed by atoms with van der Waals surface area (Å²) in [5.74, 6) is 0. The van der Waals surface area contributed by atoms with Gasteiger partial charge in [0.05, 0.1) is 0 Å². The first-order valence-corrected chi connectivity index (χ1v) is 10.3. The highest BCUT2D eigenvalue weighted by Crippen LogP contribution is 2.72. The van der Waals surface area contributed by atoms with Crippen LogP contribution in [0.3, 0.4) is 0 Å². The first-order valence-electron chi connectivity index (χ1n) is 10.3. The maximum atomic E-state index is 2.50. The number of rotatable bonds is 0.